The molecule has 0 fully saturated rings. The van der Waals surface area contributed by atoms with E-state index in [9.17, 15) is 4.39 Å². The minimum atomic E-state index is -0.428. The zero-order chi connectivity index (χ0) is 10.4. The van der Waals surface area contributed by atoms with Crippen LogP contribution in [0, 0.1) is 12.7 Å². The number of hydrogen-bond acceptors (Lipinski definition) is 1. The van der Waals surface area contributed by atoms with Gasteiger partial charge < -0.3 is 4.74 Å². The summed E-state index contributed by atoms with van der Waals surface area (Å²) in [5, 5.41) is 0.340. The molecule has 74 valence electrons. The molecule has 0 bridgehead atoms. The minimum Gasteiger partial charge on any atom is -0.492 e. The van der Waals surface area contributed by atoms with Crippen LogP contribution in [0.2, 0.25) is 5.02 Å². The van der Waals surface area contributed by atoms with Crippen molar-refractivity contribution < 1.29 is 9.13 Å². The zero-order valence-electron chi connectivity index (χ0n) is 8.32. The maximum Gasteiger partial charge on any atom is 0.173 e. The molecule has 0 unspecified atom stereocenters. The van der Waals surface area contributed by atoms with Crippen molar-refractivity contribution in [2.24, 2.45) is 0 Å². The number of hydrogen-bond donors (Lipinski definition) is 0. The third-order valence-electron chi connectivity index (χ3n) is 1.45. The van der Waals surface area contributed by atoms with Crippen molar-refractivity contribution in [3.05, 3.63) is 28.5 Å². The second kappa shape index (κ2) is 5.81. The van der Waals surface area contributed by atoms with Crippen molar-refractivity contribution in [3.63, 3.8) is 0 Å². The highest BCUT2D eigenvalue weighted by Gasteiger charge is 2.08. The van der Waals surface area contributed by atoms with Crippen molar-refractivity contribution in [3.8, 4) is 5.75 Å². The van der Waals surface area contributed by atoms with Crippen LogP contribution in [0.4, 0.5) is 4.39 Å². The number of ether oxygens (including phenoxy) is 1. The van der Waals surface area contributed by atoms with Crippen molar-refractivity contribution in [2.75, 3.05) is 7.11 Å². The van der Waals surface area contributed by atoms with Crippen LogP contribution in [-0.2, 0) is 0 Å². The van der Waals surface area contributed by atoms with Crippen LogP contribution in [0.3, 0.4) is 0 Å². The van der Waals surface area contributed by atoms with E-state index >= 15 is 0 Å². The van der Waals surface area contributed by atoms with E-state index in [1.807, 2.05) is 13.8 Å². The SMILES string of the molecule is CC.COc1c(F)ccc(C)c1Cl. The maximum atomic E-state index is 12.8. The Balaban J connectivity index is 0.000000671. The number of benzene rings is 1. The number of rotatable bonds is 1. The van der Waals surface area contributed by atoms with E-state index in [-0.39, 0.29) is 5.75 Å². The van der Waals surface area contributed by atoms with Crippen molar-refractivity contribution in [1.29, 1.82) is 0 Å². The summed E-state index contributed by atoms with van der Waals surface area (Å²) < 4.78 is 17.6. The lowest BCUT2D eigenvalue weighted by atomic mass is 10.2. The molecule has 1 aromatic carbocycles. The first-order chi connectivity index (χ1) is 6.16. The van der Waals surface area contributed by atoms with Gasteiger partial charge in [-0.15, -0.1) is 0 Å². The Kier molecular flexibility index (Phi) is 5.47. The number of halogens is 2. The molecule has 1 aromatic rings. The molecular weight excluding hydrogens is 191 g/mol. The fourth-order valence-electron chi connectivity index (χ4n) is 0.818. The first kappa shape index (κ1) is 12.2. The van der Waals surface area contributed by atoms with Gasteiger partial charge in [0.25, 0.3) is 0 Å². The second-order valence-electron chi connectivity index (χ2n) is 2.21. The molecule has 1 rings (SSSR count). The summed E-state index contributed by atoms with van der Waals surface area (Å²) in [6, 6.07) is 2.94. The van der Waals surface area contributed by atoms with Gasteiger partial charge >= 0.3 is 0 Å². The van der Waals surface area contributed by atoms with Gasteiger partial charge in [0.15, 0.2) is 11.6 Å². The maximum absolute atomic E-state index is 12.8. The molecule has 0 aliphatic rings. The fraction of sp³-hybridized carbons (Fsp3) is 0.400. The van der Waals surface area contributed by atoms with Gasteiger partial charge in [0.1, 0.15) is 0 Å². The average molecular weight is 205 g/mol. The second-order valence-corrected chi connectivity index (χ2v) is 2.59. The van der Waals surface area contributed by atoms with Crippen LogP contribution >= 0.6 is 11.6 Å². The Morgan fingerprint density at radius 1 is 1.31 bits per heavy atom. The Morgan fingerprint density at radius 3 is 2.23 bits per heavy atom. The van der Waals surface area contributed by atoms with Gasteiger partial charge in [-0.2, -0.15) is 0 Å². The van der Waals surface area contributed by atoms with Crippen LogP contribution in [0.5, 0.6) is 5.75 Å². The standard InChI is InChI=1S/C8H8ClFO.C2H6/c1-5-3-4-6(10)8(11-2)7(5)9;1-2/h3-4H,1-2H3;1-2H3. The van der Waals surface area contributed by atoms with E-state index in [4.69, 9.17) is 16.3 Å². The summed E-state index contributed by atoms with van der Waals surface area (Å²) in [5.41, 5.74) is 0.810. The molecule has 0 aliphatic heterocycles. The molecular formula is C10H14ClFO. The molecule has 13 heavy (non-hydrogen) atoms. The third kappa shape index (κ3) is 2.88. The van der Waals surface area contributed by atoms with Gasteiger partial charge in [-0.3, -0.25) is 0 Å². The Hall–Kier alpha value is -0.760. The highest BCUT2D eigenvalue weighted by molar-refractivity contribution is 6.32. The summed E-state index contributed by atoms with van der Waals surface area (Å²) in [4.78, 5) is 0. The lowest BCUT2D eigenvalue weighted by Gasteiger charge is -2.05. The van der Waals surface area contributed by atoms with E-state index < -0.39 is 5.82 Å². The van der Waals surface area contributed by atoms with E-state index in [2.05, 4.69) is 0 Å². The molecule has 0 saturated carbocycles. The van der Waals surface area contributed by atoms with Gasteiger partial charge in [0, 0.05) is 0 Å². The monoisotopic (exact) mass is 204 g/mol. The van der Waals surface area contributed by atoms with E-state index in [1.165, 1.54) is 13.2 Å². The predicted octanol–water partition coefficient (Wildman–Crippen LogP) is 3.82. The first-order valence-electron chi connectivity index (χ1n) is 4.15. The molecule has 0 aliphatic carbocycles. The summed E-state index contributed by atoms with van der Waals surface area (Å²) in [6.45, 7) is 5.80. The zero-order valence-corrected chi connectivity index (χ0v) is 9.07. The topological polar surface area (TPSA) is 9.23 Å². The van der Waals surface area contributed by atoms with Crippen LogP contribution < -0.4 is 4.74 Å². The van der Waals surface area contributed by atoms with Gasteiger partial charge in [0.05, 0.1) is 12.1 Å². The number of methoxy groups -OCH3 is 1. The molecule has 0 radical (unpaired) electrons. The fourth-order valence-corrected chi connectivity index (χ4v) is 1.05. The quantitative estimate of drug-likeness (QED) is 0.676. The third-order valence-corrected chi connectivity index (χ3v) is 1.92. The molecule has 3 heteroatoms. The predicted molar refractivity (Wildman–Crippen MR) is 54.0 cm³/mol. The van der Waals surface area contributed by atoms with Gasteiger partial charge in [-0.25, -0.2) is 4.39 Å². The first-order valence-corrected chi connectivity index (χ1v) is 4.53. The molecule has 0 spiro atoms. The minimum absolute atomic E-state index is 0.117. The van der Waals surface area contributed by atoms with Crippen molar-refractivity contribution in [2.45, 2.75) is 20.8 Å². The Morgan fingerprint density at radius 2 is 1.85 bits per heavy atom. The summed E-state index contributed by atoms with van der Waals surface area (Å²) in [7, 11) is 1.39. The van der Waals surface area contributed by atoms with Gasteiger partial charge in [-0.1, -0.05) is 31.5 Å². The molecule has 0 N–H and O–H groups in total. The van der Waals surface area contributed by atoms with Crippen LogP contribution in [0.25, 0.3) is 0 Å². The molecule has 0 amide bonds. The molecule has 0 aromatic heterocycles. The molecule has 0 saturated heterocycles. The molecule has 1 nitrogen and oxygen atoms in total. The van der Waals surface area contributed by atoms with E-state index in [0.717, 1.165) is 5.56 Å². The molecule has 0 atom stereocenters. The van der Waals surface area contributed by atoms with Gasteiger partial charge in [-0.05, 0) is 18.6 Å². The number of aryl methyl sites for hydroxylation is 1. The van der Waals surface area contributed by atoms with Crippen molar-refractivity contribution >= 4 is 11.6 Å². The normalized spacial score (nSPS) is 8.77. The highest BCUT2D eigenvalue weighted by Crippen LogP contribution is 2.29. The summed E-state index contributed by atoms with van der Waals surface area (Å²) in [5.74, 6) is -0.310. The Labute approximate surface area is 83.5 Å². The molecule has 0 heterocycles. The smallest absolute Gasteiger partial charge is 0.173 e. The van der Waals surface area contributed by atoms with Crippen LogP contribution in [0.15, 0.2) is 12.1 Å². The van der Waals surface area contributed by atoms with Gasteiger partial charge in [0.2, 0.25) is 0 Å². The largest absolute Gasteiger partial charge is 0.492 e. The average Bonchev–Trinajstić information content (AvgIpc) is 2.16. The Bertz CT molecular complexity index is 274. The van der Waals surface area contributed by atoms with E-state index in [1.54, 1.807) is 13.0 Å². The van der Waals surface area contributed by atoms with E-state index in [0.29, 0.717) is 5.02 Å². The lowest BCUT2D eigenvalue weighted by molar-refractivity contribution is 0.386. The van der Waals surface area contributed by atoms with Crippen LogP contribution in [-0.4, -0.2) is 7.11 Å². The lowest BCUT2D eigenvalue weighted by Crippen LogP contribution is -1.90. The van der Waals surface area contributed by atoms with Crippen molar-refractivity contribution in [1.82, 2.24) is 0 Å². The summed E-state index contributed by atoms with van der Waals surface area (Å²) in [6.07, 6.45) is 0. The van der Waals surface area contributed by atoms with Crippen LogP contribution in [0.1, 0.15) is 19.4 Å². The highest BCUT2D eigenvalue weighted by atomic mass is 35.5. The summed E-state index contributed by atoms with van der Waals surface area (Å²) >= 11 is 5.73.